The molecular formula is C26H30N2O3. The lowest BCUT2D eigenvalue weighted by Crippen LogP contribution is -2.44. The predicted octanol–water partition coefficient (Wildman–Crippen LogP) is 3.85. The lowest BCUT2D eigenvalue weighted by atomic mass is 9.63. The van der Waals surface area contributed by atoms with Crippen LogP contribution in [0.3, 0.4) is 0 Å². The minimum Gasteiger partial charge on any atom is -0.325 e. The Morgan fingerprint density at radius 1 is 0.903 bits per heavy atom. The molecule has 162 valence electrons. The second kappa shape index (κ2) is 6.78. The van der Waals surface area contributed by atoms with Gasteiger partial charge in [0, 0.05) is 17.6 Å². The van der Waals surface area contributed by atoms with Crippen molar-refractivity contribution in [2.45, 2.75) is 52.0 Å². The van der Waals surface area contributed by atoms with Crippen LogP contribution in [0, 0.1) is 55.3 Å². The van der Waals surface area contributed by atoms with Gasteiger partial charge in [0.05, 0.1) is 11.8 Å². The van der Waals surface area contributed by atoms with E-state index in [1.165, 1.54) is 6.42 Å². The molecule has 1 aliphatic heterocycles. The Balaban J connectivity index is 1.12. The Morgan fingerprint density at radius 2 is 1.45 bits per heavy atom. The van der Waals surface area contributed by atoms with E-state index in [1.807, 2.05) is 32.0 Å². The van der Waals surface area contributed by atoms with Gasteiger partial charge >= 0.3 is 0 Å². The van der Waals surface area contributed by atoms with E-state index in [1.54, 1.807) is 4.90 Å². The van der Waals surface area contributed by atoms with E-state index in [9.17, 15) is 14.4 Å². The molecule has 3 saturated carbocycles. The highest BCUT2D eigenvalue weighted by Gasteiger charge is 2.67. The quantitative estimate of drug-likeness (QED) is 0.599. The number of aryl methyl sites for hydroxylation is 2. The third-order valence-corrected chi connectivity index (χ3v) is 8.86. The highest BCUT2D eigenvalue weighted by molar-refractivity contribution is 6.06. The lowest BCUT2D eigenvalue weighted by molar-refractivity contribution is -0.144. The van der Waals surface area contributed by atoms with Crippen LogP contribution in [0.4, 0.5) is 5.69 Å². The standard InChI is InChI=1S/C26H30N2O3/c1-13-4-3-5-14(2)23(13)27-24(29)15-6-8-16(9-7-15)28-25(30)21-17-10-11-18(20-12-19(17)20)22(21)26(28)31/h3-5,10-11,15-22H,6-9,12H2,1-2H3,(H,27,29)/t15?,16?,17-,18+,19-,20-,21+,22+/m1/s1. The third-order valence-electron chi connectivity index (χ3n) is 8.86. The third kappa shape index (κ3) is 2.78. The van der Waals surface area contributed by atoms with Gasteiger partial charge in [-0.2, -0.15) is 0 Å². The molecule has 0 unspecified atom stereocenters. The molecule has 0 spiro atoms. The second-order valence-corrected chi connectivity index (χ2v) is 10.5. The van der Waals surface area contributed by atoms with Crippen molar-refractivity contribution in [1.82, 2.24) is 4.90 Å². The van der Waals surface area contributed by atoms with E-state index in [0.717, 1.165) is 42.5 Å². The maximum absolute atomic E-state index is 13.3. The molecule has 4 fully saturated rings. The van der Waals surface area contributed by atoms with Crippen LogP contribution in [0.25, 0.3) is 0 Å². The smallest absolute Gasteiger partial charge is 0.233 e. The summed E-state index contributed by atoms with van der Waals surface area (Å²) in [6.45, 7) is 4.02. The van der Waals surface area contributed by atoms with E-state index < -0.39 is 0 Å². The zero-order valence-corrected chi connectivity index (χ0v) is 18.2. The molecule has 1 aromatic carbocycles. The first-order valence-corrected chi connectivity index (χ1v) is 11.9. The molecular weight excluding hydrogens is 388 g/mol. The Morgan fingerprint density at radius 3 is 2.00 bits per heavy atom. The first kappa shape index (κ1) is 19.3. The largest absolute Gasteiger partial charge is 0.325 e. The summed E-state index contributed by atoms with van der Waals surface area (Å²) < 4.78 is 0. The Bertz CT molecular complexity index is 950. The molecule has 0 aromatic heterocycles. The maximum Gasteiger partial charge on any atom is 0.233 e. The summed E-state index contributed by atoms with van der Waals surface area (Å²) in [6.07, 6.45) is 8.56. The molecule has 7 rings (SSSR count). The number of amides is 3. The monoisotopic (exact) mass is 418 g/mol. The van der Waals surface area contributed by atoms with Crippen LogP contribution >= 0.6 is 0 Å². The van der Waals surface area contributed by atoms with Crippen molar-refractivity contribution in [1.29, 1.82) is 0 Å². The summed E-state index contributed by atoms with van der Waals surface area (Å²) in [4.78, 5) is 41.2. The summed E-state index contributed by atoms with van der Waals surface area (Å²) >= 11 is 0. The Hall–Kier alpha value is -2.43. The topological polar surface area (TPSA) is 66.5 Å². The van der Waals surface area contributed by atoms with E-state index in [-0.39, 0.29) is 53.4 Å². The molecule has 6 aliphatic rings. The number of carbonyl (C=O) groups is 3. The zero-order valence-electron chi connectivity index (χ0n) is 18.2. The van der Waals surface area contributed by atoms with Crippen molar-refractivity contribution in [2.75, 3.05) is 5.32 Å². The number of hydrogen-bond donors (Lipinski definition) is 1. The van der Waals surface area contributed by atoms with Crippen LogP contribution < -0.4 is 5.32 Å². The van der Waals surface area contributed by atoms with Gasteiger partial charge in [-0.1, -0.05) is 30.4 Å². The molecule has 5 heteroatoms. The second-order valence-electron chi connectivity index (χ2n) is 10.5. The SMILES string of the molecule is Cc1cccc(C)c1NC(=O)C1CCC(N2C(=O)[C@H]3[C@@H]4C=C[C@@H]([C@H]5C[C@H]45)[C@@H]3C2=O)CC1. The van der Waals surface area contributed by atoms with Crippen molar-refractivity contribution in [3.63, 3.8) is 0 Å². The molecule has 5 nitrogen and oxygen atoms in total. The number of rotatable bonds is 3. The van der Waals surface area contributed by atoms with E-state index >= 15 is 0 Å². The minimum absolute atomic E-state index is 0.0365. The van der Waals surface area contributed by atoms with Crippen molar-refractivity contribution in [3.8, 4) is 0 Å². The number of allylic oxidation sites excluding steroid dienone is 2. The number of anilines is 1. The van der Waals surface area contributed by atoms with Crippen molar-refractivity contribution >= 4 is 23.4 Å². The van der Waals surface area contributed by atoms with Gasteiger partial charge in [-0.3, -0.25) is 19.3 Å². The summed E-state index contributed by atoms with van der Waals surface area (Å²) in [6, 6.07) is 5.98. The molecule has 5 aliphatic carbocycles. The van der Waals surface area contributed by atoms with Gasteiger partial charge in [-0.05, 0) is 80.8 Å². The number of carbonyl (C=O) groups excluding carboxylic acids is 3. The molecule has 1 aromatic rings. The highest BCUT2D eigenvalue weighted by atomic mass is 16.2. The number of nitrogens with zero attached hydrogens (tertiary/aromatic N) is 1. The molecule has 1 saturated heterocycles. The van der Waals surface area contributed by atoms with Gasteiger partial charge in [0.2, 0.25) is 17.7 Å². The molecule has 1 N–H and O–H groups in total. The first-order chi connectivity index (χ1) is 15.0. The summed E-state index contributed by atoms with van der Waals surface area (Å²) in [5, 5.41) is 3.13. The average molecular weight is 419 g/mol. The van der Waals surface area contributed by atoms with Gasteiger partial charge in [0.15, 0.2) is 0 Å². The normalized spacial score (nSPS) is 40.0. The summed E-state index contributed by atoms with van der Waals surface area (Å²) in [5.41, 5.74) is 3.04. The van der Waals surface area contributed by atoms with Gasteiger partial charge in [-0.15, -0.1) is 0 Å². The average Bonchev–Trinajstić information content (AvgIpc) is 3.54. The molecule has 0 radical (unpaired) electrons. The van der Waals surface area contributed by atoms with E-state index in [2.05, 4.69) is 17.5 Å². The van der Waals surface area contributed by atoms with Crippen LogP contribution in [0.2, 0.25) is 0 Å². The van der Waals surface area contributed by atoms with Crippen molar-refractivity contribution in [3.05, 3.63) is 41.5 Å². The summed E-state index contributed by atoms with van der Waals surface area (Å²) in [5.74, 6) is 1.75. The van der Waals surface area contributed by atoms with Crippen LogP contribution in [-0.4, -0.2) is 28.7 Å². The van der Waals surface area contributed by atoms with Crippen LogP contribution in [0.1, 0.15) is 43.2 Å². The zero-order chi connectivity index (χ0) is 21.4. The summed E-state index contributed by atoms with van der Waals surface area (Å²) in [7, 11) is 0. The number of imide groups is 1. The van der Waals surface area contributed by atoms with Gasteiger partial charge in [-0.25, -0.2) is 0 Å². The Kier molecular flexibility index (Phi) is 4.22. The fourth-order valence-electron chi connectivity index (χ4n) is 7.17. The Labute approximate surface area is 183 Å². The number of para-hydroxylation sites is 1. The first-order valence-electron chi connectivity index (χ1n) is 11.9. The lowest BCUT2D eigenvalue weighted by Gasteiger charge is -2.37. The molecule has 3 amide bonds. The number of likely N-dealkylation sites (tertiary alicyclic amines) is 1. The predicted molar refractivity (Wildman–Crippen MR) is 117 cm³/mol. The number of benzene rings is 1. The van der Waals surface area contributed by atoms with Crippen LogP contribution in [-0.2, 0) is 14.4 Å². The highest BCUT2D eigenvalue weighted by Crippen LogP contribution is 2.65. The number of hydrogen-bond acceptors (Lipinski definition) is 3. The van der Waals surface area contributed by atoms with E-state index in [4.69, 9.17) is 0 Å². The fourth-order valence-corrected chi connectivity index (χ4v) is 7.17. The van der Waals surface area contributed by atoms with Crippen molar-refractivity contribution < 1.29 is 14.4 Å². The molecule has 31 heavy (non-hydrogen) atoms. The van der Waals surface area contributed by atoms with E-state index in [0.29, 0.717) is 11.8 Å². The molecule has 1 heterocycles. The maximum atomic E-state index is 13.3. The van der Waals surface area contributed by atoms with Gasteiger partial charge in [0.25, 0.3) is 0 Å². The van der Waals surface area contributed by atoms with Crippen LogP contribution in [0.5, 0.6) is 0 Å². The van der Waals surface area contributed by atoms with Crippen LogP contribution in [0.15, 0.2) is 30.4 Å². The van der Waals surface area contributed by atoms with Gasteiger partial charge in [0.1, 0.15) is 0 Å². The van der Waals surface area contributed by atoms with Crippen molar-refractivity contribution in [2.24, 2.45) is 41.4 Å². The number of nitrogens with one attached hydrogen (secondary N) is 1. The minimum atomic E-state index is -0.115. The fraction of sp³-hybridized carbons (Fsp3) is 0.577. The molecule has 2 bridgehead atoms. The van der Waals surface area contributed by atoms with Gasteiger partial charge < -0.3 is 5.32 Å². The molecule has 6 atom stereocenters.